The second kappa shape index (κ2) is 4.38. The van der Waals surface area contributed by atoms with E-state index in [9.17, 15) is 4.79 Å². The molecule has 0 amide bonds. The van der Waals surface area contributed by atoms with Crippen molar-refractivity contribution in [1.29, 1.82) is 0 Å². The van der Waals surface area contributed by atoms with Crippen molar-refractivity contribution in [2.24, 2.45) is 5.92 Å². The van der Waals surface area contributed by atoms with Crippen LogP contribution in [0, 0.1) is 5.92 Å². The molecule has 2 unspecified atom stereocenters. The van der Waals surface area contributed by atoms with Crippen LogP contribution in [0.5, 0.6) is 0 Å². The number of hydrogen-bond acceptors (Lipinski definition) is 4. The van der Waals surface area contributed by atoms with Crippen LogP contribution in [0.3, 0.4) is 0 Å². The second-order valence-electron chi connectivity index (χ2n) is 4.72. The Kier molecular flexibility index (Phi) is 2.85. The molecule has 0 aromatic carbocycles. The smallest absolute Gasteiger partial charge is 0.354 e. The van der Waals surface area contributed by atoms with E-state index in [-0.39, 0.29) is 5.69 Å². The highest BCUT2D eigenvalue weighted by molar-refractivity contribution is 9.09. The zero-order chi connectivity index (χ0) is 12.7. The van der Waals surface area contributed by atoms with E-state index in [1.54, 1.807) is 0 Å². The fourth-order valence-corrected chi connectivity index (χ4v) is 2.81. The van der Waals surface area contributed by atoms with E-state index in [4.69, 9.17) is 0 Å². The predicted octanol–water partition coefficient (Wildman–Crippen LogP) is 1.03. The summed E-state index contributed by atoms with van der Waals surface area (Å²) in [5, 5.41) is 10.6. The van der Waals surface area contributed by atoms with Gasteiger partial charge >= 0.3 is 5.69 Å². The van der Waals surface area contributed by atoms with Crippen molar-refractivity contribution in [3.63, 3.8) is 0 Å². The van der Waals surface area contributed by atoms with Gasteiger partial charge in [-0.2, -0.15) is 9.61 Å². The van der Waals surface area contributed by atoms with Crippen molar-refractivity contribution in [2.45, 2.75) is 18.2 Å². The minimum atomic E-state index is -0.299. The fraction of sp³-hybridized carbons (Fsp3) is 0.545. The summed E-state index contributed by atoms with van der Waals surface area (Å²) in [4.78, 5) is 14.1. The molecule has 2 aromatic rings. The maximum absolute atomic E-state index is 11.5. The lowest BCUT2D eigenvalue weighted by atomic mass is 9.99. The van der Waals surface area contributed by atoms with Crippen LogP contribution in [0.4, 0.5) is 5.82 Å². The number of H-pyrrole nitrogens is 1. The molecule has 6 nitrogen and oxygen atoms in total. The number of piperidine rings is 1. The van der Waals surface area contributed by atoms with E-state index in [0.717, 1.165) is 25.3 Å². The summed E-state index contributed by atoms with van der Waals surface area (Å²) in [5.74, 6) is 1.49. The molecule has 96 valence electrons. The Balaban J connectivity index is 1.94. The molecule has 1 N–H and O–H groups in total. The molecule has 0 bridgehead atoms. The molecular weight excluding hydrogens is 298 g/mol. The van der Waals surface area contributed by atoms with Gasteiger partial charge in [-0.25, -0.2) is 9.89 Å². The Morgan fingerprint density at radius 1 is 1.50 bits per heavy atom. The van der Waals surface area contributed by atoms with Gasteiger partial charge in [0.25, 0.3) is 0 Å². The highest BCUT2D eigenvalue weighted by Crippen LogP contribution is 2.26. The molecule has 1 aliphatic heterocycles. The second-order valence-corrected chi connectivity index (χ2v) is 5.89. The van der Waals surface area contributed by atoms with Gasteiger partial charge in [-0.1, -0.05) is 22.9 Å². The van der Waals surface area contributed by atoms with Gasteiger partial charge in [0.1, 0.15) is 5.82 Å². The Hall–Kier alpha value is -1.37. The highest BCUT2D eigenvalue weighted by Gasteiger charge is 2.25. The molecule has 0 radical (unpaired) electrons. The number of nitrogens with zero attached hydrogens (tertiary/aromatic N) is 4. The van der Waals surface area contributed by atoms with Gasteiger partial charge in [-0.15, -0.1) is 5.10 Å². The van der Waals surface area contributed by atoms with E-state index in [0.29, 0.717) is 16.4 Å². The molecule has 1 fully saturated rings. The lowest BCUT2D eigenvalue weighted by Gasteiger charge is -2.34. The molecule has 0 aliphatic carbocycles. The monoisotopic (exact) mass is 311 g/mol. The predicted molar refractivity (Wildman–Crippen MR) is 72.3 cm³/mol. The van der Waals surface area contributed by atoms with E-state index in [2.05, 4.69) is 43.0 Å². The lowest BCUT2D eigenvalue weighted by Crippen LogP contribution is -2.40. The molecule has 7 heteroatoms. The molecule has 3 rings (SSSR count). The van der Waals surface area contributed by atoms with Crippen LogP contribution in [0.2, 0.25) is 0 Å². The van der Waals surface area contributed by atoms with Gasteiger partial charge in [-0.05, 0) is 24.5 Å². The number of aromatic amines is 1. The maximum atomic E-state index is 11.5. The van der Waals surface area contributed by atoms with Crippen molar-refractivity contribution in [3.05, 3.63) is 22.6 Å². The average molecular weight is 312 g/mol. The zero-order valence-corrected chi connectivity index (χ0v) is 11.6. The first-order valence-corrected chi connectivity index (χ1v) is 6.90. The van der Waals surface area contributed by atoms with Gasteiger partial charge in [0.2, 0.25) is 0 Å². The topological polar surface area (TPSA) is 66.3 Å². The third-order valence-corrected chi connectivity index (χ3v) is 4.64. The Labute approximate surface area is 112 Å². The van der Waals surface area contributed by atoms with E-state index < -0.39 is 0 Å². The minimum Gasteiger partial charge on any atom is -0.354 e. The van der Waals surface area contributed by atoms with Gasteiger partial charge in [0.05, 0.1) is 0 Å². The molecule has 18 heavy (non-hydrogen) atoms. The van der Waals surface area contributed by atoms with Crippen molar-refractivity contribution < 1.29 is 0 Å². The number of fused-ring (bicyclic) bond motifs is 1. The van der Waals surface area contributed by atoms with Gasteiger partial charge < -0.3 is 4.90 Å². The quantitative estimate of drug-likeness (QED) is 0.799. The van der Waals surface area contributed by atoms with Crippen LogP contribution in [-0.2, 0) is 0 Å². The summed E-state index contributed by atoms with van der Waals surface area (Å²) in [7, 11) is 0. The molecule has 0 saturated carbocycles. The van der Waals surface area contributed by atoms with Crippen LogP contribution in [0.1, 0.15) is 13.3 Å². The third kappa shape index (κ3) is 1.92. The number of aromatic nitrogens is 4. The molecule has 1 saturated heterocycles. The van der Waals surface area contributed by atoms with Crippen molar-refractivity contribution in [1.82, 2.24) is 19.8 Å². The van der Waals surface area contributed by atoms with Gasteiger partial charge in [-0.3, -0.25) is 0 Å². The normalized spacial score (nSPS) is 24.7. The van der Waals surface area contributed by atoms with Crippen molar-refractivity contribution in [2.75, 3.05) is 18.0 Å². The molecule has 3 heterocycles. The number of nitrogens with one attached hydrogen (secondary N) is 1. The molecule has 2 aromatic heterocycles. The van der Waals surface area contributed by atoms with Crippen LogP contribution in [-0.4, -0.2) is 37.7 Å². The summed E-state index contributed by atoms with van der Waals surface area (Å²) in [6.07, 6.45) is 1.12. The van der Waals surface area contributed by atoms with Gasteiger partial charge in [0, 0.05) is 17.9 Å². The van der Waals surface area contributed by atoms with Crippen LogP contribution in [0.25, 0.3) is 5.65 Å². The van der Waals surface area contributed by atoms with Crippen LogP contribution >= 0.6 is 15.9 Å². The highest BCUT2D eigenvalue weighted by atomic mass is 79.9. The van der Waals surface area contributed by atoms with Crippen molar-refractivity contribution in [3.8, 4) is 0 Å². The third-order valence-electron chi connectivity index (χ3n) is 3.45. The van der Waals surface area contributed by atoms with E-state index in [1.807, 2.05) is 12.1 Å². The minimum absolute atomic E-state index is 0.299. The standard InChI is InChI=1S/C11H14BrN5O/c1-7-4-5-16(6-8(7)12)10-3-2-9-13-14-11(18)17(9)15-10/h2-3,7-8H,4-6H2,1H3,(H,14,18). The number of anilines is 1. The number of alkyl halides is 1. The number of hydrogen-bond donors (Lipinski definition) is 1. The average Bonchev–Trinajstić information content (AvgIpc) is 2.74. The molecule has 0 spiro atoms. The lowest BCUT2D eigenvalue weighted by molar-refractivity contribution is 0.453. The Morgan fingerprint density at radius 3 is 3.11 bits per heavy atom. The number of halogens is 1. The SMILES string of the molecule is CC1CCN(c2ccc3n[nH]c(=O)n3n2)CC1Br. The van der Waals surface area contributed by atoms with E-state index in [1.165, 1.54) is 4.52 Å². The summed E-state index contributed by atoms with van der Waals surface area (Å²) in [6.45, 7) is 4.12. The van der Waals surface area contributed by atoms with Crippen molar-refractivity contribution >= 4 is 27.4 Å². The maximum Gasteiger partial charge on any atom is 0.364 e. The summed E-state index contributed by atoms with van der Waals surface area (Å²) < 4.78 is 1.30. The summed E-state index contributed by atoms with van der Waals surface area (Å²) in [5.41, 5.74) is 0.247. The Bertz CT molecular complexity index is 621. The first kappa shape index (κ1) is 11.7. The molecular formula is C11H14BrN5O. The van der Waals surface area contributed by atoms with Crippen LogP contribution < -0.4 is 10.6 Å². The van der Waals surface area contributed by atoms with Gasteiger partial charge in [0.15, 0.2) is 5.65 Å². The first-order chi connectivity index (χ1) is 8.65. The Morgan fingerprint density at radius 2 is 2.33 bits per heavy atom. The summed E-state index contributed by atoms with van der Waals surface area (Å²) in [6, 6.07) is 3.72. The molecule has 1 aliphatic rings. The number of rotatable bonds is 1. The molecule has 2 atom stereocenters. The fourth-order valence-electron chi connectivity index (χ4n) is 2.19. The van der Waals surface area contributed by atoms with E-state index >= 15 is 0 Å². The summed E-state index contributed by atoms with van der Waals surface area (Å²) >= 11 is 3.69. The van der Waals surface area contributed by atoms with Crippen LogP contribution in [0.15, 0.2) is 16.9 Å². The first-order valence-electron chi connectivity index (χ1n) is 5.98. The zero-order valence-electron chi connectivity index (χ0n) is 10.0. The largest absolute Gasteiger partial charge is 0.364 e.